The summed E-state index contributed by atoms with van der Waals surface area (Å²) in [6, 6.07) is 5.48. The Labute approximate surface area is 124 Å². The Bertz CT molecular complexity index is 516. The van der Waals surface area contributed by atoms with Gasteiger partial charge in [0.2, 0.25) is 10.0 Å². The first-order valence-corrected chi connectivity index (χ1v) is 8.79. The monoisotopic (exact) mass is 318 g/mol. The maximum Gasteiger partial charge on any atom is 0.212 e. The van der Waals surface area contributed by atoms with E-state index in [4.69, 9.17) is 16.3 Å². The van der Waals surface area contributed by atoms with Crippen molar-refractivity contribution in [2.24, 2.45) is 0 Å². The molecule has 1 N–H and O–H groups in total. The SMILES string of the molecule is O=S(=O)(CCc1ccccn1)NC1(CCl)CCOCC1. The number of nitrogens with zero attached hydrogens (tertiary/aromatic N) is 1. The molecule has 0 saturated carbocycles. The summed E-state index contributed by atoms with van der Waals surface area (Å²) in [6.45, 7) is 1.07. The van der Waals surface area contributed by atoms with E-state index in [1.807, 2.05) is 12.1 Å². The molecule has 1 saturated heterocycles. The van der Waals surface area contributed by atoms with Crippen molar-refractivity contribution in [2.45, 2.75) is 24.8 Å². The largest absolute Gasteiger partial charge is 0.381 e. The summed E-state index contributed by atoms with van der Waals surface area (Å²) in [5, 5.41) is 0. The lowest BCUT2D eigenvalue weighted by molar-refractivity contribution is 0.0549. The Kier molecular flexibility index (Phi) is 5.37. The molecule has 2 heterocycles. The van der Waals surface area contributed by atoms with E-state index in [0.717, 1.165) is 5.69 Å². The zero-order valence-corrected chi connectivity index (χ0v) is 12.8. The topological polar surface area (TPSA) is 68.3 Å². The number of hydrogen-bond acceptors (Lipinski definition) is 4. The van der Waals surface area contributed by atoms with Gasteiger partial charge in [-0.1, -0.05) is 6.07 Å². The van der Waals surface area contributed by atoms with E-state index in [9.17, 15) is 8.42 Å². The number of aromatic nitrogens is 1. The van der Waals surface area contributed by atoms with Crippen LogP contribution in [0.5, 0.6) is 0 Å². The van der Waals surface area contributed by atoms with Crippen LogP contribution in [0.3, 0.4) is 0 Å². The fourth-order valence-electron chi connectivity index (χ4n) is 2.19. The van der Waals surface area contributed by atoms with E-state index in [-0.39, 0.29) is 11.6 Å². The molecule has 5 nitrogen and oxygen atoms in total. The van der Waals surface area contributed by atoms with Gasteiger partial charge in [0.05, 0.1) is 11.3 Å². The molecule has 20 heavy (non-hydrogen) atoms. The number of halogens is 1. The Morgan fingerprint density at radius 1 is 1.35 bits per heavy atom. The summed E-state index contributed by atoms with van der Waals surface area (Å²) in [7, 11) is -3.38. The lowest BCUT2D eigenvalue weighted by Crippen LogP contribution is -2.54. The highest BCUT2D eigenvalue weighted by Crippen LogP contribution is 2.23. The van der Waals surface area contributed by atoms with Gasteiger partial charge in [-0.2, -0.15) is 0 Å². The van der Waals surface area contributed by atoms with Gasteiger partial charge >= 0.3 is 0 Å². The minimum absolute atomic E-state index is 0.0174. The first-order chi connectivity index (χ1) is 9.55. The average Bonchev–Trinajstić information content (AvgIpc) is 2.47. The predicted molar refractivity (Wildman–Crippen MR) is 78.4 cm³/mol. The second-order valence-electron chi connectivity index (χ2n) is 5.02. The maximum absolute atomic E-state index is 12.2. The number of aryl methyl sites for hydroxylation is 1. The van der Waals surface area contributed by atoms with Crippen molar-refractivity contribution in [3.8, 4) is 0 Å². The van der Waals surface area contributed by atoms with E-state index < -0.39 is 15.6 Å². The lowest BCUT2D eigenvalue weighted by atomic mass is 9.94. The normalized spacial score (nSPS) is 18.9. The van der Waals surface area contributed by atoms with Gasteiger partial charge in [-0.15, -0.1) is 11.6 Å². The van der Waals surface area contributed by atoms with Gasteiger partial charge in [-0.3, -0.25) is 4.98 Å². The average molecular weight is 319 g/mol. The van der Waals surface area contributed by atoms with Crippen LogP contribution in [0.25, 0.3) is 0 Å². The first-order valence-electron chi connectivity index (χ1n) is 6.61. The van der Waals surface area contributed by atoms with Crippen molar-refractivity contribution in [1.82, 2.24) is 9.71 Å². The second-order valence-corrected chi connectivity index (χ2v) is 7.13. The van der Waals surface area contributed by atoms with Crippen molar-refractivity contribution < 1.29 is 13.2 Å². The predicted octanol–water partition coefficient (Wildman–Crippen LogP) is 1.33. The molecule has 0 radical (unpaired) electrons. The Hall–Kier alpha value is -0.690. The van der Waals surface area contributed by atoms with Crippen LogP contribution in [-0.2, 0) is 21.2 Å². The summed E-state index contributed by atoms with van der Waals surface area (Å²) in [6.07, 6.45) is 3.28. The molecule has 0 aliphatic carbocycles. The molecule has 1 fully saturated rings. The molecule has 0 aromatic carbocycles. The van der Waals surface area contributed by atoms with Crippen LogP contribution in [0.15, 0.2) is 24.4 Å². The number of ether oxygens (including phenoxy) is 1. The molecule has 112 valence electrons. The third-order valence-corrected chi connectivity index (χ3v) is 5.43. The number of alkyl halides is 1. The molecule has 0 spiro atoms. The van der Waals surface area contributed by atoms with Crippen molar-refractivity contribution in [3.05, 3.63) is 30.1 Å². The molecule has 1 aromatic heterocycles. The molecule has 0 unspecified atom stereocenters. The minimum Gasteiger partial charge on any atom is -0.381 e. The third-order valence-electron chi connectivity index (χ3n) is 3.43. The summed E-state index contributed by atoms with van der Waals surface area (Å²) in [4.78, 5) is 4.13. The van der Waals surface area contributed by atoms with Crippen LogP contribution < -0.4 is 4.72 Å². The number of sulfonamides is 1. The summed E-state index contributed by atoms with van der Waals surface area (Å²) in [5.41, 5.74) is 0.202. The molecular formula is C13H19ClN2O3S. The van der Waals surface area contributed by atoms with E-state index in [0.29, 0.717) is 32.5 Å². The number of rotatable bonds is 6. The minimum atomic E-state index is -3.38. The molecule has 1 aromatic rings. The Morgan fingerprint density at radius 2 is 2.10 bits per heavy atom. The van der Waals surface area contributed by atoms with Crippen LogP contribution in [0, 0.1) is 0 Å². The van der Waals surface area contributed by atoms with E-state index in [1.165, 1.54) is 0 Å². The van der Waals surface area contributed by atoms with E-state index in [2.05, 4.69) is 9.71 Å². The highest BCUT2D eigenvalue weighted by molar-refractivity contribution is 7.89. The third kappa shape index (κ3) is 4.41. The van der Waals surface area contributed by atoms with Gasteiger partial charge in [0.1, 0.15) is 0 Å². The Morgan fingerprint density at radius 3 is 2.70 bits per heavy atom. The number of pyridine rings is 1. The zero-order chi connectivity index (χ0) is 14.5. The molecule has 0 atom stereocenters. The van der Waals surface area contributed by atoms with E-state index in [1.54, 1.807) is 12.3 Å². The quantitative estimate of drug-likeness (QED) is 0.804. The standard InChI is InChI=1S/C13H19ClN2O3S/c14-11-13(5-8-19-9-6-13)16-20(17,18)10-4-12-3-1-2-7-15-12/h1-3,7,16H,4-6,8-11H2. The first kappa shape index (κ1) is 15.7. The summed E-state index contributed by atoms with van der Waals surface area (Å²) in [5.74, 6) is 0.280. The van der Waals surface area contributed by atoms with Gasteiger partial charge in [-0.05, 0) is 25.0 Å². The molecular weight excluding hydrogens is 300 g/mol. The van der Waals surface area contributed by atoms with Gasteiger partial charge in [0.25, 0.3) is 0 Å². The van der Waals surface area contributed by atoms with Crippen molar-refractivity contribution in [3.63, 3.8) is 0 Å². The molecule has 1 aliphatic rings. The van der Waals surface area contributed by atoms with Crippen LogP contribution in [0.2, 0.25) is 0 Å². The summed E-state index contributed by atoms with van der Waals surface area (Å²) < 4.78 is 32.4. The van der Waals surface area contributed by atoms with Gasteiger partial charge in [0, 0.05) is 37.4 Å². The molecule has 0 bridgehead atoms. The van der Waals surface area contributed by atoms with Crippen LogP contribution in [0.4, 0.5) is 0 Å². The maximum atomic E-state index is 12.2. The smallest absolute Gasteiger partial charge is 0.212 e. The lowest BCUT2D eigenvalue weighted by Gasteiger charge is -2.35. The fraction of sp³-hybridized carbons (Fsp3) is 0.615. The van der Waals surface area contributed by atoms with Crippen molar-refractivity contribution in [2.75, 3.05) is 24.8 Å². The number of nitrogens with one attached hydrogen (secondary N) is 1. The number of hydrogen-bond donors (Lipinski definition) is 1. The Balaban J connectivity index is 1.96. The van der Waals surface area contributed by atoms with Crippen LogP contribution in [0.1, 0.15) is 18.5 Å². The van der Waals surface area contributed by atoms with Crippen LogP contribution >= 0.6 is 11.6 Å². The molecule has 0 amide bonds. The molecule has 7 heteroatoms. The molecule has 1 aliphatic heterocycles. The zero-order valence-electron chi connectivity index (χ0n) is 11.2. The van der Waals surface area contributed by atoms with Gasteiger partial charge in [0.15, 0.2) is 0 Å². The van der Waals surface area contributed by atoms with Gasteiger partial charge < -0.3 is 4.74 Å². The van der Waals surface area contributed by atoms with E-state index >= 15 is 0 Å². The second kappa shape index (κ2) is 6.85. The highest BCUT2D eigenvalue weighted by Gasteiger charge is 2.35. The molecule has 2 rings (SSSR count). The van der Waals surface area contributed by atoms with Crippen molar-refractivity contribution in [1.29, 1.82) is 0 Å². The highest BCUT2D eigenvalue weighted by atomic mass is 35.5. The fourth-order valence-corrected chi connectivity index (χ4v) is 4.12. The van der Waals surface area contributed by atoms with Gasteiger partial charge in [-0.25, -0.2) is 13.1 Å². The van der Waals surface area contributed by atoms with Crippen molar-refractivity contribution >= 4 is 21.6 Å². The van der Waals surface area contributed by atoms with Crippen LogP contribution in [-0.4, -0.2) is 43.8 Å². The summed E-state index contributed by atoms with van der Waals surface area (Å²) >= 11 is 5.97.